The summed E-state index contributed by atoms with van der Waals surface area (Å²) in [7, 11) is 0. The van der Waals surface area contributed by atoms with Crippen molar-refractivity contribution >= 4 is 33.1 Å². The fourth-order valence-corrected chi connectivity index (χ4v) is 3.81. The van der Waals surface area contributed by atoms with Gasteiger partial charge in [0.25, 0.3) is 0 Å². The van der Waals surface area contributed by atoms with E-state index in [1.165, 1.54) is 0 Å². The standard InChI is InChI=1S/C21H13N3S/c1-3-7-18-14(5-1)9-16(11-22-18)20-13-24-21(25-20)17-10-15-6-2-4-8-19(15)23-12-17/h1-13H. The van der Waals surface area contributed by atoms with Crippen LogP contribution in [0.4, 0.5) is 0 Å². The Balaban J connectivity index is 1.57. The molecule has 2 aromatic carbocycles. The van der Waals surface area contributed by atoms with Crippen molar-refractivity contribution in [2.24, 2.45) is 0 Å². The first-order valence-electron chi connectivity index (χ1n) is 8.03. The molecule has 0 N–H and O–H groups in total. The number of aromatic nitrogens is 3. The Morgan fingerprint density at radius 2 is 1.20 bits per heavy atom. The van der Waals surface area contributed by atoms with Crippen molar-refractivity contribution in [2.45, 2.75) is 0 Å². The maximum atomic E-state index is 4.60. The van der Waals surface area contributed by atoms with Crippen molar-refractivity contribution in [1.82, 2.24) is 15.0 Å². The van der Waals surface area contributed by atoms with Crippen molar-refractivity contribution < 1.29 is 0 Å². The minimum atomic E-state index is 0.974. The molecule has 0 amide bonds. The predicted molar refractivity (Wildman–Crippen MR) is 104 cm³/mol. The van der Waals surface area contributed by atoms with Crippen LogP contribution in [-0.4, -0.2) is 15.0 Å². The second-order valence-corrected chi connectivity index (χ2v) is 6.89. The molecule has 3 nitrogen and oxygen atoms in total. The first-order chi connectivity index (χ1) is 12.4. The Morgan fingerprint density at radius 3 is 1.92 bits per heavy atom. The molecule has 0 bridgehead atoms. The van der Waals surface area contributed by atoms with Crippen molar-refractivity contribution in [1.29, 1.82) is 0 Å². The third kappa shape index (κ3) is 2.57. The number of rotatable bonds is 2. The molecular weight excluding hydrogens is 326 g/mol. The first-order valence-corrected chi connectivity index (χ1v) is 8.85. The second kappa shape index (κ2) is 5.76. The molecular formula is C21H13N3S. The van der Waals surface area contributed by atoms with E-state index in [4.69, 9.17) is 0 Å². The quantitative estimate of drug-likeness (QED) is 0.422. The fraction of sp³-hybridized carbons (Fsp3) is 0. The van der Waals surface area contributed by atoms with Crippen LogP contribution in [0.15, 0.2) is 79.3 Å². The zero-order valence-electron chi connectivity index (χ0n) is 13.3. The summed E-state index contributed by atoms with van der Waals surface area (Å²) >= 11 is 1.67. The van der Waals surface area contributed by atoms with Crippen molar-refractivity contribution in [3.63, 3.8) is 0 Å². The smallest absolute Gasteiger partial charge is 0.125 e. The third-order valence-corrected chi connectivity index (χ3v) is 5.31. The molecule has 0 spiro atoms. The minimum absolute atomic E-state index is 0.974. The molecule has 5 rings (SSSR count). The molecule has 5 aromatic rings. The van der Waals surface area contributed by atoms with Crippen molar-refractivity contribution in [2.75, 3.05) is 0 Å². The zero-order valence-corrected chi connectivity index (χ0v) is 14.1. The van der Waals surface area contributed by atoms with Gasteiger partial charge in [-0.25, -0.2) is 4.98 Å². The van der Waals surface area contributed by atoms with Crippen LogP contribution in [0, 0.1) is 0 Å². The van der Waals surface area contributed by atoms with Crippen molar-refractivity contribution in [3.05, 3.63) is 79.3 Å². The summed E-state index contributed by atoms with van der Waals surface area (Å²) in [5.41, 5.74) is 4.15. The van der Waals surface area contributed by atoms with E-state index in [1.54, 1.807) is 11.3 Å². The molecule has 0 unspecified atom stereocenters. The second-order valence-electron chi connectivity index (χ2n) is 5.86. The van der Waals surface area contributed by atoms with Gasteiger partial charge in [0.15, 0.2) is 0 Å². The lowest BCUT2D eigenvalue weighted by atomic mass is 10.1. The lowest BCUT2D eigenvalue weighted by Crippen LogP contribution is -1.81. The number of fused-ring (bicyclic) bond motifs is 2. The molecule has 3 heterocycles. The Morgan fingerprint density at radius 1 is 0.600 bits per heavy atom. The van der Waals surface area contributed by atoms with Crippen LogP contribution in [-0.2, 0) is 0 Å². The van der Waals surface area contributed by atoms with Gasteiger partial charge in [-0.3, -0.25) is 9.97 Å². The molecule has 0 radical (unpaired) electrons. The van der Waals surface area contributed by atoms with Gasteiger partial charge in [-0.05, 0) is 24.3 Å². The average molecular weight is 339 g/mol. The predicted octanol–water partition coefficient (Wildman–Crippen LogP) is 5.57. The minimum Gasteiger partial charge on any atom is -0.256 e. The average Bonchev–Trinajstić information content (AvgIpc) is 3.17. The molecule has 0 aliphatic rings. The number of thiazole rings is 1. The van der Waals surface area contributed by atoms with Gasteiger partial charge in [-0.1, -0.05) is 36.4 Å². The van der Waals surface area contributed by atoms with E-state index < -0.39 is 0 Å². The molecule has 25 heavy (non-hydrogen) atoms. The van der Waals surface area contributed by atoms with Crippen LogP contribution in [0.25, 0.3) is 42.8 Å². The Labute approximate surface area is 148 Å². The largest absolute Gasteiger partial charge is 0.256 e. The van der Waals surface area contributed by atoms with E-state index >= 15 is 0 Å². The monoisotopic (exact) mass is 339 g/mol. The number of nitrogens with zero attached hydrogens (tertiary/aromatic N) is 3. The Kier molecular flexibility index (Phi) is 3.28. The van der Waals surface area contributed by atoms with Gasteiger partial charge in [-0.2, -0.15) is 0 Å². The van der Waals surface area contributed by atoms with Crippen LogP contribution in [0.2, 0.25) is 0 Å². The maximum Gasteiger partial charge on any atom is 0.125 e. The number of benzene rings is 2. The van der Waals surface area contributed by atoms with Gasteiger partial charge in [0.2, 0.25) is 0 Å². The number of hydrogen-bond acceptors (Lipinski definition) is 4. The van der Waals surface area contributed by atoms with Crippen LogP contribution in [0.3, 0.4) is 0 Å². The highest BCUT2D eigenvalue weighted by atomic mass is 32.1. The van der Waals surface area contributed by atoms with E-state index in [0.717, 1.165) is 42.8 Å². The van der Waals surface area contributed by atoms with Gasteiger partial charge in [-0.15, -0.1) is 11.3 Å². The van der Waals surface area contributed by atoms with Gasteiger partial charge in [0.1, 0.15) is 5.01 Å². The van der Waals surface area contributed by atoms with E-state index in [-0.39, 0.29) is 0 Å². The summed E-state index contributed by atoms with van der Waals surface area (Å²) < 4.78 is 0. The van der Waals surface area contributed by atoms with Gasteiger partial charge < -0.3 is 0 Å². The zero-order chi connectivity index (χ0) is 16.6. The molecule has 0 atom stereocenters. The van der Waals surface area contributed by atoms with Crippen LogP contribution < -0.4 is 0 Å². The van der Waals surface area contributed by atoms with Crippen LogP contribution in [0.5, 0.6) is 0 Å². The molecule has 3 aromatic heterocycles. The summed E-state index contributed by atoms with van der Waals surface area (Å²) in [6.07, 6.45) is 5.73. The third-order valence-electron chi connectivity index (χ3n) is 4.22. The summed E-state index contributed by atoms with van der Waals surface area (Å²) in [6.45, 7) is 0. The molecule has 0 saturated carbocycles. The lowest BCUT2D eigenvalue weighted by molar-refractivity contribution is 1.36. The molecule has 0 fully saturated rings. The van der Waals surface area contributed by atoms with Gasteiger partial charge in [0.05, 0.1) is 15.9 Å². The molecule has 0 aliphatic carbocycles. The number of pyridine rings is 2. The van der Waals surface area contributed by atoms with Crippen molar-refractivity contribution in [3.8, 4) is 21.0 Å². The SMILES string of the molecule is c1ccc2ncc(-c3cnc(-c4cnc5ccccc5c4)s3)cc2c1. The number of hydrogen-bond donors (Lipinski definition) is 0. The van der Waals surface area contributed by atoms with E-state index in [9.17, 15) is 0 Å². The maximum absolute atomic E-state index is 4.60. The topological polar surface area (TPSA) is 38.7 Å². The Hall–Kier alpha value is -3.11. The number of para-hydroxylation sites is 2. The lowest BCUT2D eigenvalue weighted by Gasteiger charge is -2.01. The van der Waals surface area contributed by atoms with Crippen LogP contribution >= 0.6 is 11.3 Å². The van der Waals surface area contributed by atoms with Gasteiger partial charge in [0, 0.05) is 40.5 Å². The molecule has 0 saturated heterocycles. The fourth-order valence-electron chi connectivity index (χ4n) is 2.93. The van der Waals surface area contributed by atoms with E-state index in [0.29, 0.717) is 0 Å². The van der Waals surface area contributed by atoms with E-state index in [2.05, 4.69) is 39.2 Å². The highest BCUT2D eigenvalue weighted by Crippen LogP contribution is 2.33. The first kappa shape index (κ1) is 14.3. The highest BCUT2D eigenvalue weighted by Gasteiger charge is 2.09. The van der Waals surface area contributed by atoms with E-state index in [1.807, 2.05) is 55.0 Å². The van der Waals surface area contributed by atoms with Crippen LogP contribution in [0.1, 0.15) is 0 Å². The Bertz CT molecular complexity index is 1120. The molecule has 0 aliphatic heterocycles. The molecule has 4 heteroatoms. The summed E-state index contributed by atoms with van der Waals surface area (Å²) in [4.78, 5) is 14.8. The highest BCUT2D eigenvalue weighted by molar-refractivity contribution is 7.18. The normalized spacial score (nSPS) is 11.2. The van der Waals surface area contributed by atoms with Gasteiger partial charge >= 0.3 is 0 Å². The summed E-state index contributed by atoms with van der Waals surface area (Å²) in [5.74, 6) is 0. The summed E-state index contributed by atoms with van der Waals surface area (Å²) in [6, 6.07) is 20.6. The molecule has 118 valence electrons. The summed E-state index contributed by atoms with van der Waals surface area (Å²) in [5, 5.41) is 3.24.